The molecule has 3 unspecified atom stereocenters. The molecule has 1 aliphatic heterocycles. The monoisotopic (exact) mass is 373 g/mol. The van der Waals surface area contributed by atoms with Crippen LogP contribution in [0.1, 0.15) is 38.2 Å². The first-order valence-corrected chi connectivity index (χ1v) is 9.36. The Morgan fingerprint density at radius 2 is 2.11 bits per heavy atom. The molecule has 0 aromatic carbocycles. The molecule has 3 rings (SSSR count). The van der Waals surface area contributed by atoms with Crippen LogP contribution in [0, 0.1) is 0 Å². The lowest BCUT2D eigenvalue weighted by Gasteiger charge is -2.22. The lowest BCUT2D eigenvalue weighted by atomic mass is 9.94. The van der Waals surface area contributed by atoms with Gasteiger partial charge in [0.1, 0.15) is 5.60 Å². The van der Waals surface area contributed by atoms with Crippen LogP contribution in [0.2, 0.25) is 0 Å². The second-order valence-electron chi connectivity index (χ2n) is 7.70. The average Bonchev–Trinajstić information content (AvgIpc) is 3.17. The number of nitrogens with one attached hydrogen (secondary N) is 1. The number of nitrogens with zero attached hydrogens (tertiary/aromatic N) is 1. The highest BCUT2D eigenvalue weighted by molar-refractivity contribution is 5.97. The molecule has 7 nitrogen and oxygen atoms in total. The number of hydrogen-bond acceptors (Lipinski definition) is 5. The summed E-state index contributed by atoms with van der Waals surface area (Å²) in [4.78, 5) is 36.9. The number of Topliss-reactive ketones (excluding diaryl/α,β-unsaturated/α-hetero) is 1. The van der Waals surface area contributed by atoms with E-state index in [1.807, 2.05) is 0 Å². The Morgan fingerprint density at radius 1 is 1.37 bits per heavy atom. The van der Waals surface area contributed by atoms with Crippen LogP contribution in [0.15, 0.2) is 34.8 Å². The topological polar surface area (TPSA) is 107 Å². The molecule has 0 saturated carbocycles. The Kier molecular flexibility index (Phi) is 5.62. The van der Waals surface area contributed by atoms with E-state index < -0.39 is 17.7 Å². The van der Waals surface area contributed by atoms with E-state index in [2.05, 4.69) is 11.4 Å². The predicted octanol–water partition coefficient (Wildman–Crippen LogP) is 0.598. The van der Waals surface area contributed by atoms with Crippen molar-refractivity contribution in [1.29, 1.82) is 0 Å². The van der Waals surface area contributed by atoms with Gasteiger partial charge in [-0.05, 0) is 44.6 Å². The van der Waals surface area contributed by atoms with Crippen LogP contribution in [0.3, 0.4) is 0 Å². The fourth-order valence-corrected chi connectivity index (χ4v) is 3.41. The van der Waals surface area contributed by atoms with Gasteiger partial charge in [0.05, 0.1) is 18.7 Å². The van der Waals surface area contributed by atoms with Gasteiger partial charge in [0, 0.05) is 19.3 Å². The molecular formula is C20H27N3O4. The standard InChI is InChI=1S/C20H27N3O4/c1-20(12-27-20)18(25)16(10-13-5-3-4-6-13)22-19(26)15(21)9-14-7-8-17(24)23(2)11-14/h5,7-8,11,15-16H,3-4,6,9-10,12,21H2,1-2H3,(H,22,26). The van der Waals surface area contributed by atoms with E-state index in [9.17, 15) is 14.4 Å². The second kappa shape index (κ2) is 7.78. The molecule has 1 aromatic rings. The van der Waals surface area contributed by atoms with Crippen LogP contribution in [0.25, 0.3) is 0 Å². The largest absolute Gasteiger partial charge is 0.361 e. The molecule has 1 aliphatic carbocycles. The van der Waals surface area contributed by atoms with Crippen molar-refractivity contribution in [2.24, 2.45) is 12.8 Å². The molecule has 27 heavy (non-hydrogen) atoms. The van der Waals surface area contributed by atoms with E-state index >= 15 is 0 Å². The van der Waals surface area contributed by atoms with Gasteiger partial charge in [0.15, 0.2) is 5.78 Å². The molecule has 1 saturated heterocycles. The Hall–Kier alpha value is -2.25. The molecule has 0 spiro atoms. The number of hydrogen-bond donors (Lipinski definition) is 2. The van der Waals surface area contributed by atoms with Crippen molar-refractivity contribution in [3.05, 3.63) is 45.9 Å². The van der Waals surface area contributed by atoms with Crippen LogP contribution in [-0.4, -0.2) is 40.5 Å². The van der Waals surface area contributed by atoms with Gasteiger partial charge in [-0.3, -0.25) is 14.4 Å². The number of amides is 1. The van der Waals surface area contributed by atoms with E-state index in [0.29, 0.717) is 13.0 Å². The number of aromatic nitrogens is 1. The molecule has 0 bridgehead atoms. The van der Waals surface area contributed by atoms with E-state index in [4.69, 9.17) is 10.5 Å². The van der Waals surface area contributed by atoms with Gasteiger partial charge in [-0.2, -0.15) is 0 Å². The number of allylic oxidation sites excluding steroid dienone is 1. The van der Waals surface area contributed by atoms with Gasteiger partial charge >= 0.3 is 0 Å². The van der Waals surface area contributed by atoms with Crippen molar-refractivity contribution in [3.63, 3.8) is 0 Å². The number of carbonyl (C=O) groups is 2. The number of pyridine rings is 1. The highest BCUT2D eigenvalue weighted by Crippen LogP contribution is 2.31. The van der Waals surface area contributed by atoms with Crippen molar-refractivity contribution in [3.8, 4) is 0 Å². The first-order valence-electron chi connectivity index (χ1n) is 9.36. The Balaban J connectivity index is 1.66. The summed E-state index contributed by atoms with van der Waals surface area (Å²) in [5.74, 6) is -0.469. The molecule has 1 aromatic heterocycles. The summed E-state index contributed by atoms with van der Waals surface area (Å²) in [5.41, 5.74) is 7.14. The van der Waals surface area contributed by atoms with E-state index in [1.54, 1.807) is 26.2 Å². The SMILES string of the molecule is Cn1cc(CC(N)C(=O)NC(CC2=CCCC2)C(=O)C2(C)CO2)ccc1=O. The van der Waals surface area contributed by atoms with Gasteiger partial charge < -0.3 is 20.4 Å². The third kappa shape index (κ3) is 4.73. The summed E-state index contributed by atoms with van der Waals surface area (Å²) < 4.78 is 6.73. The predicted molar refractivity (Wildman–Crippen MR) is 101 cm³/mol. The number of ether oxygens (including phenoxy) is 1. The summed E-state index contributed by atoms with van der Waals surface area (Å²) in [6.45, 7) is 2.14. The molecule has 1 amide bonds. The van der Waals surface area contributed by atoms with Crippen LogP contribution < -0.4 is 16.6 Å². The number of nitrogens with two attached hydrogens (primary N) is 1. The summed E-state index contributed by atoms with van der Waals surface area (Å²) in [6, 6.07) is 1.69. The molecule has 7 heteroatoms. The quantitative estimate of drug-likeness (QED) is 0.513. The minimum absolute atomic E-state index is 0.0991. The lowest BCUT2D eigenvalue weighted by Crippen LogP contribution is -2.52. The average molecular weight is 373 g/mol. The fraction of sp³-hybridized carbons (Fsp3) is 0.550. The first-order chi connectivity index (χ1) is 12.8. The summed E-state index contributed by atoms with van der Waals surface area (Å²) in [6.07, 6.45) is 7.68. The van der Waals surface area contributed by atoms with E-state index in [-0.39, 0.29) is 23.7 Å². The third-order valence-electron chi connectivity index (χ3n) is 5.27. The maximum atomic E-state index is 12.8. The smallest absolute Gasteiger partial charge is 0.250 e. The van der Waals surface area contributed by atoms with Crippen LogP contribution in [-0.2, 0) is 27.8 Å². The Morgan fingerprint density at radius 3 is 2.70 bits per heavy atom. The molecule has 1 fully saturated rings. The van der Waals surface area contributed by atoms with Crippen LogP contribution in [0.4, 0.5) is 0 Å². The fourth-order valence-electron chi connectivity index (χ4n) is 3.41. The van der Waals surface area contributed by atoms with Gasteiger partial charge in [0.25, 0.3) is 0 Å². The third-order valence-corrected chi connectivity index (χ3v) is 5.27. The minimum atomic E-state index is -0.803. The highest BCUT2D eigenvalue weighted by Gasteiger charge is 2.50. The van der Waals surface area contributed by atoms with Crippen LogP contribution >= 0.6 is 0 Å². The zero-order valence-corrected chi connectivity index (χ0v) is 15.9. The molecule has 2 heterocycles. The number of ketones is 1. The second-order valence-corrected chi connectivity index (χ2v) is 7.70. The van der Waals surface area contributed by atoms with Gasteiger partial charge in [-0.15, -0.1) is 0 Å². The Labute approximate surface area is 158 Å². The molecule has 0 radical (unpaired) electrons. The molecule has 146 valence electrons. The Bertz CT molecular complexity index is 823. The zero-order valence-electron chi connectivity index (χ0n) is 15.9. The zero-order chi connectivity index (χ0) is 19.6. The molecule has 2 aliphatic rings. The number of aryl methyl sites for hydroxylation is 1. The van der Waals surface area contributed by atoms with Crippen LogP contribution in [0.5, 0.6) is 0 Å². The van der Waals surface area contributed by atoms with Crippen molar-refractivity contribution in [2.75, 3.05) is 6.61 Å². The summed E-state index contributed by atoms with van der Waals surface area (Å²) >= 11 is 0. The van der Waals surface area contributed by atoms with Crippen molar-refractivity contribution in [1.82, 2.24) is 9.88 Å². The first kappa shape index (κ1) is 19.5. The van der Waals surface area contributed by atoms with Crippen molar-refractivity contribution < 1.29 is 14.3 Å². The number of epoxide rings is 1. The highest BCUT2D eigenvalue weighted by atomic mass is 16.6. The maximum Gasteiger partial charge on any atom is 0.250 e. The van der Waals surface area contributed by atoms with Gasteiger partial charge in [-0.1, -0.05) is 17.7 Å². The maximum absolute atomic E-state index is 12.8. The number of carbonyl (C=O) groups excluding carboxylic acids is 2. The minimum Gasteiger partial charge on any atom is -0.361 e. The molecule has 3 N–H and O–H groups in total. The summed E-state index contributed by atoms with van der Waals surface area (Å²) in [5, 5.41) is 2.83. The van der Waals surface area contributed by atoms with E-state index in [1.165, 1.54) is 16.2 Å². The number of rotatable bonds is 8. The van der Waals surface area contributed by atoms with Crippen molar-refractivity contribution in [2.45, 2.75) is 56.7 Å². The molecule has 3 atom stereocenters. The van der Waals surface area contributed by atoms with E-state index in [0.717, 1.165) is 24.8 Å². The lowest BCUT2D eigenvalue weighted by molar-refractivity contribution is -0.131. The van der Waals surface area contributed by atoms with Gasteiger partial charge in [0.2, 0.25) is 11.5 Å². The molecular weight excluding hydrogens is 346 g/mol. The van der Waals surface area contributed by atoms with Crippen molar-refractivity contribution >= 4 is 11.7 Å². The normalized spacial score (nSPS) is 23.4. The van der Waals surface area contributed by atoms with Gasteiger partial charge in [-0.25, -0.2) is 0 Å². The summed E-state index contributed by atoms with van der Waals surface area (Å²) in [7, 11) is 1.65.